The topological polar surface area (TPSA) is 20.2 Å². The summed E-state index contributed by atoms with van der Waals surface area (Å²) in [5.74, 6) is 2.33. The molecule has 0 aromatic carbocycles. The lowest BCUT2D eigenvalue weighted by Crippen LogP contribution is -2.56. The molecule has 0 saturated heterocycles. The molecule has 0 radical (unpaired) electrons. The Balaban J connectivity index is 1.95. The van der Waals surface area contributed by atoms with Crippen molar-refractivity contribution in [1.82, 2.24) is 0 Å². The van der Waals surface area contributed by atoms with E-state index in [4.69, 9.17) is 11.6 Å². The second kappa shape index (κ2) is 2.43. The quantitative estimate of drug-likeness (QED) is 0.646. The maximum atomic E-state index is 10.3. The van der Waals surface area contributed by atoms with Crippen molar-refractivity contribution in [2.24, 2.45) is 17.3 Å². The van der Waals surface area contributed by atoms with Gasteiger partial charge in [0.1, 0.15) is 0 Å². The largest absolute Gasteiger partial charge is 0.390 e. The molecule has 0 amide bonds. The molecule has 0 aromatic heterocycles. The van der Waals surface area contributed by atoms with E-state index in [1.165, 1.54) is 19.3 Å². The molecule has 1 N–H and O–H groups in total. The van der Waals surface area contributed by atoms with E-state index in [0.717, 1.165) is 37.0 Å². The van der Waals surface area contributed by atoms with Crippen molar-refractivity contribution in [3.8, 4) is 0 Å². The Morgan fingerprint density at radius 3 is 2.23 bits per heavy atom. The second-order valence-corrected chi connectivity index (χ2v) is 6.09. The van der Waals surface area contributed by atoms with E-state index >= 15 is 0 Å². The van der Waals surface area contributed by atoms with Gasteiger partial charge in [-0.2, -0.15) is 0 Å². The maximum absolute atomic E-state index is 10.3. The van der Waals surface area contributed by atoms with Crippen LogP contribution in [0.25, 0.3) is 0 Å². The monoisotopic (exact) mass is 200 g/mol. The minimum atomic E-state index is -0.320. The van der Waals surface area contributed by atoms with Crippen LogP contribution in [-0.2, 0) is 0 Å². The van der Waals surface area contributed by atoms with Crippen LogP contribution in [0.1, 0.15) is 38.5 Å². The summed E-state index contributed by atoms with van der Waals surface area (Å²) in [7, 11) is 0. The Hall–Kier alpha value is 0.250. The molecule has 0 heterocycles. The lowest BCUT2D eigenvalue weighted by atomic mass is 9.48. The first kappa shape index (κ1) is 8.55. The Morgan fingerprint density at radius 2 is 1.77 bits per heavy atom. The zero-order chi connectivity index (χ0) is 9.10. The SMILES string of the molecule is OC12CC3CC(C1)CC(CCl)(C3)C2. The third-order valence-electron chi connectivity index (χ3n) is 4.43. The van der Waals surface area contributed by atoms with Gasteiger partial charge in [0.15, 0.2) is 0 Å². The fourth-order valence-electron chi connectivity index (χ4n) is 4.56. The summed E-state index contributed by atoms with van der Waals surface area (Å²) < 4.78 is 0. The highest BCUT2D eigenvalue weighted by atomic mass is 35.5. The van der Waals surface area contributed by atoms with Gasteiger partial charge in [0.2, 0.25) is 0 Å². The van der Waals surface area contributed by atoms with Crippen LogP contribution in [0.5, 0.6) is 0 Å². The van der Waals surface area contributed by atoms with Crippen LogP contribution in [0, 0.1) is 17.3 Å². The van der Waals surface area contributed by atoms with E-state index in [1.54, 1.807) is 0 Å². The van der Waals surface area contributed by atoms with Gasteiger partial charge < -0.3 is 5.11 Å². The summed E-state index contributed by atoms with van der Waals surface area (Å²) in [4.78, 5) is 0. The minimum absolute atomic E-state index is 0.320. The first-order valence-electron chi connectivity index (χ1n) is 5.42. The van der Waals surface area contributed by atoms with Crippen LogP contribution in [0.2, 0.25) is 0 Å². The Labute approximate surface area is 84.5 Å². The lowest BCUT2D eigenvalue weighted by molar-refractivity contribution is -0.156. The Morgan fingerprint density at radius 1 is 1.15 bits per heavy atom. The molecule has 4 aliphatic rings. The standard InChI is InChI=1S/C11H17ClO/c12-7-10-2-8-1-9(3-10)5-11(13,4-8)6-10/h8-9,13H,1-7H2. The molecular formula is C11H17ClO. The molecule has 2 unspecified atom stereocenters. The van der Waals surface area contributed by atoms with Gasteiger partial charge in [-0.3, -0.25) is 0 Å². The predicted octanol–water partition coefficient (Wildman–Crippen LogP) is 2.56. The van der Waals surface area contributed by atoms with Crippen LogP contribution in [0.4, 0.5) is 0 Å². The highest BCUT2D eigenvalue weighted by molar-refractivity contribution is 6.18. The van der Waals surface area contributed by atoms with Crippen LogP contribution < -0.4 is 0 Å². The smallest absolute Gasteiger partial charge is 0.0658 e. The second-order valence-electron chi connectivity index (χ2n) is 5.82. The van der Waals surface area contributed by atoms with E-state index < -0.39 is 0 Å². The number of rotatable bonds is 1. The van der Waals surface area contributed by atoms with Crippen molar-refractivity contribution < 1.29 is 5.11 Å². The molecule has 2 atom stereocenters. The predicted molar refractivity (Wildman–Crippen MR) is 52.8 cm³/mol. The van der Waals surface area contributed by atoms with Crippen molar-refractivity contribution in [2.45, 2.75) is 44.1 Å². The number of alkyl halides is 1. The normalized spacial score (nSPS) is 58.6. The van der Waals surface area contributed by atoms with E-state index in [9.17, 15) is 5.11 Å². The third kappa shape index (κ3) is 1.16. The number of hydrogen-bond donors (Lipinski definition) is 1. The summed E-state index contributed by atoms with van der Waals surface area (Å²) in [6, 6.07) is 0. The molecule has 74 valence electrons. The average Bonchev–Trinajstić information content (AvgIpc) is 1.99. The molecule has 4 aliphatic carbocycles. The summed E-state index contributed by atoms with van der Waals surface area (Å²) in [6.07, 6.45) is 7.03. The molecular weight excluding hydrogens is 184 g/mol. The summed E-state index contributed by atoms with van der Waals surface area (Å²) in [5.41, 5.74) is -0.000633. The first-order valence-corrected chi connectivity index (χ1v) is 5.95. The molecule has 4 rings (SSSR count). The van der Waals surface area contributed by atoms with Gasteiger partial charge in [0.25, 0.3) is 0 Å². The fraction of sp³-hybridized carbons (Fsp3) is 1.00. The highest BCUT2D eigenvalue weighted by Crippen LogP contribution is 2.61. The van der Waals surface area contributed by atoms with Crippen molar-refractivity contribution in [2.75, 3.05) is 5.88 Å². The van der Waals surface area contributed by atoms with Gasteiger partial charge in [0.05, 0.1) is 5.60 Å². The molecule has 4 saturated carbocycles. The fourth-order valence-corrected chi connectivity index (χ4v) is 4.87. The van der Waals surface area contributed by atoms with Crippen LogP contribution >= 0.6 is 11.6 Å². The van der Waals surface area contributed by atoms with Crippen molar-refractivity contribution in [3.63, 3.8) is 0 Å². The van der Waals surface area contributed by atoms with Crippen molar-refractivity contribution >= 4 is 11.6 Å². The van der Waals surface area contributed by atoms with Gasteiger partial charge in [-0.15, -0.1) is 11.6 Å². The molecule has 0 aliphatic heterocycles. The molecule has 0 aromatic rings. The number of halogens is 1. The van der Waals surface area contributed by atoms with E-state index in [0.29, 0.717) is 5.41 Å². The Bertz CT molecular complexity index is 224. The molecule has 13 heavy (non-hydrogen) atoms. The van der Waals surface area contributed by atoms with Gasteiger partial charge in [0, 0.05) is 5.88 Å². The first-order chi connectivity index (χ1) is 6.13. The zero-order valence-corrected chi connectivity index (χ0v) is 8.69. The zero-order valence-electron chi connectivity index (χ0n) is 7.93. The lowest BCUT2D eigenvalue weighted by Gasteiger charge is -2.59. The molecule has 0 spiro atoms. The average molecular weight is 201 g/mol. The van der Waals surface area contributed by atoms with Gasteiger partial charge in [-0.25, -0.2) is 0 Å². The number of aliphatic hydroxyl groups is 1. The van der Waals surface area contributed by atoms with E-state index in [1.807, 2.05) is 0 Å². The van der Waals surface area contributed by atoms with Crippen molar-refractivity contribution in [3.05, 3.63) is 0 Å². The molecule has 1 nitrogen and oxygen atoms in total. The number of hydrogen-bond acceptors (Lipinski definition) is 1. The van der Waals surface area contributed by atoms with Crippen LogP contribution in [0.15, 0.2) is 0 Å². The van der Waals surface area contributed by atoms with Gasteiger partial charge >= 0.3 is 0 Å². The molecule has 4 fully saturated rings. The maximum Gasteiger partial charge on any atom is 0.0658 e. The minimum Gasteiger partial charge on any atom is -0.390 e. The summed E-state index contributed by atoms with van der Waals surface area (Å²) in [6.45, 7) is 0. The molecule has 2 heteroatoms. The van der Waals surface area contributed by atoms with Crippen molar-refractivity contribution in [1.29, 1.82) is 0 Å². The summed E-state index contributed by atoms with van der Waals surface area (Å²) in [5, 5.41) is 10.3. The highest BCUT2D eigenvalue weighted by Gasteiger charge is 2.56. The van der Waals surface area contributed by atoms with E-state index in [2.05, 4.69) is 0 Å². The van der Waals surface area contributed by atoms with Gasteiger partial charge in [-0.1, -0.05) is 0 Å². The van der Waals surface area contributed by atoms with Crippen LogP contribution in [-0.4, -0.2) is 16.6 Å². The van der Waals surface area contributed by atoms with Crippen LogP contribution in [0.3, 0.4) is 0 Å². The molecule has 4 bridgehead atoms. The Kier molecular flexibility index (Phi) is 1.60. The van der Waals surface area contributed by atoms with E-state index in [-0.39, 0.29) is 5.60 Å². The third-order valence-corrected chi connectivity index (χ3v) is 5.00. The summed E-state index contributed by atoms with van der Waals surface area (Å²) >= 11 is 6.07. The van der Waals surface area contributed by atoms with Gasteiger partial charge in [-0.05, 0) is 55.8 Å².